The Morgan fingerprint density at radius 2 is 0.481 bits per heavy atom. The molecule has 0 spiro atoms. The highest BCUT2D eigenvalue weighted by Gasteiger charge is 2.14. The summed E-state index contributed by atoms with van der Waals surface area (Å²) in [6.07, 6.45) is 44.7. The molecule has 0 unspecified atom stereocenters. The molecule has 0 aromatic heterocycles. The quantitative estimate of drug-likeness (QED) is 0.0581. The standard InChI is InChI=1S/C49H99N3O2/c1-6-10-14-18-28-36-44-51(48(53)40-32-24-16-12-8-3)46-38-30-22-20-26-34-42-50(5)43-35-27-21-23-31-39-47-52(45-37-29-19-15-11-7-2)49(54)41-33-25-17-13-9-4/h6-47H2,1-5H3. The molecule has 0 N–H and O–H groups in total. The molecule has 5 heteroatoms. The fourth-order valence-corrected chi connectivity index (χ4v) is 7.86. The van der Waals surface area contributed by atoms with Gasteiger partial charge in [-0.15, -0.1) is 0 Å². The first-order valence-corrected chi connectivity index (χ1v) is 24.7. The highest BCUT2D eigenvalue weighted by Crippen LogP contribution is 2.15. The maximum Gasteiger partial charge on any atom is 0.222 e. The van der Waals surface area contributed by atoms with Crippen LogP contribution in [0.15, 0.2) is 0 Å². The maximum atomic E-state index is 13.0. The van der Waals surface area contributed by atoms with Crippen molar-refractivity contribution in [2.75, 3.05) is 46.3 Å². The van der Waals surface area contributed by atoms with Crippen molar-refractivity contribution < 1.29 is 9.59 Å². The molecule has 5 nitrogen and oxygen atoms in total. The average molecular weight is 762 g/mol. The number of amides is 2. The minimum atomic E-state index is 0.417. The molecule has 0 aliphatic heterocycles. The Balaban J connectivity index is 4.06. The third kappa shape index (κ3) is 36.5. The average Bonchev–Trinajstić information content (AvgIpc) is 3.17. The summed E-state index contributed by atoms with van der Waals surface area (Å²) in [5.74, 6) is 0.834. The molecule has 0 rings (SSSR count). The van der Waals surface area contributed by atoms with E-state index in [-0.39, 0.29) is 0 Å². The van der Waals surface area contributed by atoms with Gasteiger partial charge in [-0.25, -0.2) is 0 Å². The first kappa shape index (κ1) is 52.9. The Labute approximate surface area is 340 Å². The van der Waals surface area contributed by atoms with Gasteiger partial charge in [-0.2, -0.15) is 0 Å². The molecule has 0 aliphatic rings. The largest absolute Gasteiger partial charge is 0.343 e. The zero-order chi connectivity index (χ0) is 39.6. The SMILES string of the molecule is CCCCCCCCN(CCCCCCCCN(C)CCCCCCCCN(CCCCCCCC)C(=O)CCCCCCC)C(=O)CCCCCCC. The number of hydrogen-bond donors (Lipinski definition) is 0. The lowest BCUT2D eigenvalue weighted by atomic mass is 10.1. The first-order chi connectivity index (χ1) is 26.5. The summed E-state index contributed by atoms with van der Waals surface area (Å²) in [5, 5.41) is 0. The molecule has 0 heterocycles. The van der Waals surface area contributed by atoms with Crippen molar-refractivity contribution in [2.24, 2.45) is 0 Å². The summed E-state index contributed by atoms with van der Waals surface area (Å²) in [4.78, 5) is 33.0. The highest BCUT2D eigenvalue weighted by atomic mass is 16.2. The van der Waals surface area contributed by atoms with Gasteiger partial charge in [0.05, 0.1) is 0 Å². The van der Waals surface area contributed by atoms with E-state index >= 15 is 0 Å². The van der Waals surface area contributed by atoms with Crippen molar-refractivity contribution in [1.29, 1.82) is 0 Å². The van der Waals surface area contributed by atoms with Gasteiger partial charge in [-0.3, -0.25) is 9.59 Å². The Morgan fingerprint density at radius 3 is 0.741 bits per heavy atom. The molecular weight excluding hydrogens is 663 g/mol. The normalized spacial score (nSPS) is 11.5. The van der Waals surface area contributed by atoms with E-state index in [2.05, 4.69) is 49.4 Å². The van der Waals surface area contributed by atoms with Crippen molar-refractivity contribution in [3.63, 3.8) is 0 Å². The van der Waals surface area contributed by atoms with Crippen molar-refractivity contribution in [3.8, 4) is 0 Å². The van der Waals surface area contributed by atoms with Crippen LogP contribution in [0.3, 0.4) is 0 Å². The Morgan fingerprint density at radius 1 is 0.278 bits per heavy atom. The van der Waals surface area contributed by atoms with E-state index in [1.165, 1.54) is 219 Å². The van der Waals surface area contributed by atoms with Crippen molar-refractivity contribution in [1.82, 2.24) is 14.7 Å². The van der Waals surface area contributed by atoms with Gasteiger partial charge in [0.25, 0.3) is 0 Å². The smallest absolute Gasteiger partial charge is 0.222 e. The van der Waals surface area contributed by atoms with Gasteiger partial charge in [0.2, 0.25) is 11.8 Å². The van der Waals surface area contributed by atoms with Gasteiger partial charge >= 0.3 is 0 Å². The summed E-state index contributed by atoms with van der Waals surface area (Å²) >= 11 is 0. The van der Waals surface area contributed by atoms with E-state index < -0.39 is 0 Å². The Hall–Kier alpha value is -1.10. The molecule has 0 saturated heterocycles. The van der Waals surface area contributed by atoms with Crippen LogP contribution in [0, 0.1) is 0 Å². The number of carbonyl (C=O) groups excluding carboxylic acids is 2. The fraction of sp³-hybridized carbons (Fsp3) is 0.959. The van der Waals surface area contributed by atoms with Crippen LogP contribution in [0.25, 0.3) is 0 Å². The molecule has 54 heavy (non-hydrogen) atoms. The third-order valence-electron chi connectivity index (χ3n) is 11.7. The third-order valence-corrected chi connectivity index (χ3v) is 11.7. The van der Waals surface area contributed by atoms with Crippen molar-refractivity contribution >= 4 is 11.8 Å². The minimum absolute atomic E-state index is 0.417. The topological polar surface area (TPSA) is 43.9 Å². The van der Waals surface area contributed by atoms with E-state index in [1.807, 2.05) is 0 Å². The van der Waals surface area contributed by atoms with E-state index in [0.717, 1.165) is 51.9 Å². The van der Waals surface area contributed by atoms with Gasteiger partial charge < -0.3 is 14.7 Å². The van der Waals surface area contributed by atoms with Gasteiger partial charge in [0.1, 0.15) is 0 Å². The number of nitrogens with zero attached hydrogens (tertiary/aromatic N) is 3. The molecule has 0 saturated carbocycles. The van der Waals surface area contributed by atoms with Crippen LogP contribution >= 0.6 is 0 Å². The lowest BCUT2D eigenvalue weighted by Gasteiger charge is -2.23. The Kier molecular flexibility index (Phi) is 42.2. The van der Waals surface area contributed by atoms with E-state index in [1.54, 1.807) is 0 Å². The van der Waals surface area contributed by atoms with Crippen LogP contribution < -0.4 is 0 Å². The van der Waals surface area contributed by atoms with Gasteiger partial charge in [-0.1, -0.05) is 195 Å². The fourth-order valence-electron chi connectivity index (χ4n) is 7.86. The van der Waals surface area contributed by atoms with Crippen LogP contribution in [0.4, 0.5) is 0 Å². The molecule has 322 valence electrons. The molecule has 0 aromatic rings. The summed E-state index contributed by atoms with van der Waals surface area (Å²) in [6.45, 7) is 15.4. The van der Waals surface area contributed by atoms with Crippen LogP contribution in [0.5, 0.6) is 0 Å². The van der Waals surface area contributed by atoms with Gasteiger partial charge in [0, 0.05) is 39.0 Å². The number of unbranched alkanes of at least 4 members (excludes halogenated alkanes) is 28. The van der Waals surface area contributed by atoms with Gasteiger partial charge in [0.15, 0.2) is 0 Å². The van der Waals surface area contributed by atoms with E-state index in [9.17, 15) is 9.59 Å². The lowest BCUT2D eigenvalue weighted by Crippen LogP contribution is -2.32. The summed E-state index contributed by atoms with van der Waals surface area (Å²) in [5.41, 5.74) is 0. The summed E-state index contributed by atoms with van der Waals surface area (Å²) < 4.78 is 0. The van der Waals surface area contributed by atoms with E-state index in [4.69, 9.17) is 0 Å². The molecule has 0 bridgehead atoms. The number of hydrogen-bond acceptors (Lipinski definition) is 3. The second kappa shape index (κ2) is 43.0. The molecular formula is C49H99N3O2. The molecule has 0 aromatic carbocycles. The van der Waals surface area contributed by atoms with E-state index in [0.29, 0.717) is 11.8 Å². The van der Waals surface area contributed by atoms with Crippen molar-refractivity contribution in [2.45, 2.75) is 259 Å². The second-order valence-electron chi connectivity index (χ2n) is 17.2. The molecule has 0 aliphatic carbocycles. The molecule has 2 amide bonds. The van der Waals surface area contributed by atoms with Crippen LogP contribution in [0.2, 0.25) is 0 Å². The van der Waals surface area contributed by atoms with Crippen LogP contribution in [-0.2, 0) is 9.59 Å². The predicted octanol–water partition coefficient (Wildman–Crippen LogP) is 14.7. The number of rotatable bonds is 44. The summed E-state index contributed by atoms with van der Waals surface area (Å²) in [6, 6.07) is 0. The predicted molar refractivity (Wildman–Crippen MR) is 240 cm³/mol. The minimum Gasteiger partial charge on any atom is -0.343 e. The second-order valence-corrected chi connectivity index (χ2v) is 17.2. The number of carbonyl (C=O) groups is 2. The zero-order valence-electron chi connectivity index (χ0n) is 37.9. The van der Waals surface area contributed by atoms with Crippen molar-refractivity contribution in [3.05, 3.63) is 0 Å². The Bertz CT molecular complexity index is 712. The first-order valence-electron chi connectivity index (χ1n) is 24.7. The lowest BCUT2D eigenvalue weighted by molar-refractivity contribution is -0.132. The molecule has 0 atom stereocenters. The highest BCUT2D eigenvalue weighted by molar-refractivity contribution is 5.76. The van der Waals surface area contributed by atoms with Crippen LogP contribution in [0.1, 0.15) is 259 Å². The van der Waals surface area contributed by atoms with Gasteiger partial charge in [-0.05, 0) is 71.5 Å². The summed E-state index contributed by atoms with van der Waals surface area (Å²) in [7, 11) is 2.30. The molecule has 0 radical (unpaired) electrons. The van der Waals surface area contributed by atoms with Crippen LogP contribution in [-0.4, -0.2) is 72.8 Å². The molecule has 0 fully saturated rings. The zero-order valence-corrected chi connectivity index (χ0v) is 37.9. The maximum absolute atomic E-state index is 13.0. The monoisotopic (exact) mass is 762 g/mol.